The van der Waals surface area contributed by atoms with Crippen LogP contribution >= 0.6 is 7.82 Å². The van der Waals surface area contributed by atoms with Crippen LogP contribution in [0.4, 0.5) is 0 Å². The summed E-state index contributed by atoms with van der Waals surface area (Å²) < 4.78 is 33.1. The molecule has 0 radical (unpaired) electrons. The van der Waals surface area contributed by atoms with Gasteiger partial charge in [0.1, 0.15) is 6.61 Å². The molecule has 0 bridgehead atoms. The Morgan fingerprint density at radius 1 is 0.337 bits per heavy atom. The van der Waals surface area contributed by atoms with Crippen LogP contribution in [0.1, 0.15) is 232 Å². The number of allylic oxidation sites excluding steroid dienone is 36. The molecule has 10 heteroatoms. The minimum Gasteiger partial charge on any atom is -0.462 e. The fourth-order valence-corrected chi connectivity index (χ4v) is 9.15. The molecule has 0 heterocycles. The van der Waals surface area contributed by atoms with E-state index in [1.165, 1.54) is 25.7 Å². The first-order valence-electron chi connectivity index (χ1n) is 34.2. The molecule has 2 atom stereocenters. The molecule has 0 saturated carbocycles. The standard InChI is InChI=1S/C79H122NO8P/c1-3-5-7-9-11-13-15-17-19-21-23-25-27-29-31-33-34-35-36-37-38-39-40-41-42-44-46-48-50-52-54-56-58-60-62-64-66-68-70-72-79(82)88-77(76-87-89(83,84)86-74-73-80)75-85-78(81)71-69-67-65-63-61-59-57-55-53-51-49-47-45-43-32-30-28-26-24-22-20-18-16-14-12-10-8-6-4-2/h5-8,11-14,17-20,23-26,29-32,34-35,37-38,40-41,44-47,50-53,57,59,77H,3-4,9-10,15-16,21-22,27-28,33,36,39,42-43,48-49,54-56,58,60-76,80H2,1-2H3,(H,83,84)/b7-5-,8-6-,13-11-,14-12-,19-17-,20-18-,25-23-,26-24-,31-29-,32-30-,35-34-,38-37-,41-40-,46-44-,47-45-,52-50-,53-51-,59-57-. The normalized spacial score (nSPS) is 14.3. The van der Waals surface area contributed by atoms with Gasteiger partial charge in [-0.1, -0.05) is 284 Å². The fourth-order valence-electron chi connectivity index (χ4n) is 8.38. The summed E-state index contributed by atoms with van der Waals surface area (Å²) in [6.07, 6.45) is 111. The summed E-state index contributed by atoms with van der Waals surface area (Å²) in [5, 5.41) is 0. The first-order valence-corrected chi connectivity index (χ1v) is 35.7. The predicted octanol–water partition coefficient (Wildman–Crippen LogP) is 22.8. The quantitative estimate of drug-likeness (QED) is 0.0264. The number of ether oxygens (including phenoxy) is 2. The van der Waals surface area contributed by atoms with E-state index in [0.717, 1.165) is 167 Å². The van der Waals surface area contributed by atoms with E-state index in [0.29, 0.717) is 12.8 Å². The SMILES string of the molecule is CC/C=C\C/C=C\C/C=C\C/C=C\C/C=C\C/C=C\C/C=C\C/C=C\C/C=C\C/C=C\CCCCCCCCCCC(=O)OC(COC(=O)CCCCCC/C=C\C/C=C\C/C=C\C/C=C\C/C=C\C/C=C\C/C=C\C/C=C\CC)COP(=O)(O)OCCN. The number of hydrogen-bond acceptors (Lipinski definition) is 8. The molecule has 0 aromatic rings. The highest BCUT2D eigenvalue weighted by molar-refractivity contribution is 7.47. The molecular weight excluding hydrogens is 1120 g/mol. The smallest absolute Gasteiger partial charge is 0.462 e. The van der Waals surface area contributed by atoms with Gasteiger partial charge >= 0.3 is 19.8 Å². The van der Waals surface area contributed by atoms with Crippen LogP contribution in [0.25, 0.3) is 0 Å². The van der Waals surface area contributed by atoms with Crippen LogP contribution in [-0.2, 0) is 32.7 Å². The minimum absolute atomic E-state index is 0.0358. The van der Waals surface area contributed by atoms with Gasteiger partial charge in [0.05, 0.1) is 13.2 Å². The molecule has 2 unspecified atom stereocenters. The van der Waals surface area contributed by atoms with Crippen LogP contribution in [0.15, 0.2) is 219 Å². The zero-order chi connectivity index (χ0) is 64.4. The molecule has 3 N–H and O–H groups in total. The van der Waals surface area contributed by atoms with Gasteiger partial charge in [-0.05, 0) is 154 Å². The van der Waals surface area contributed by atoms with Crippen molar-refractivity contribution in [3.8, 4) is 0 Å². The molecule has 9 nitrogen and oxygen atoms in total. The molecule has 0 spiro atoms. The second kappa shape index (κ2) is 71.4. The maximum atomic E-state index is 12.8. The van der Waals surface area contributed by atoms with E-state index in [9.17, 15) is 19.0 Å². The van der Waals surface area contributed by atoms with Gasteiger partial charge in [-0.3, -0.25) is 18.6 Å². The molecular formula is C79H122NO8P. The van der Waals surface area contributed by atoms with Gasteiger partial charge in [0.2, 0.25) is 0 Å². The molecule has 0 aliphatic rings. The second-order valence-corrected chi connectivity index (χ2v) is 23.0. The lowest BCUT2D eigenvalue weighted by molar-refractivity contribution is -0.161. The highest BCUT2D eigenvalue weighted by Crippen LogP contribution is 2.43. The van der Waals surface area contributed by atoms with Gasteiger partial charge in [0.15, 0.2) is 6.10 Å². The summed E-state index contributed by atoms with van der Waals surface area (Å²) in [6.45, 7) is 3.44. The number of rotatable bonds is 61. The summed E-state index contributed by atoms with van der Waals surface area (Å²) in [5.41, 5.74) is 5.39. The lowest BCUT2D eigenvalue weighted by atomic mass is 10.1. The predicted molar refractivity (Wildman–Crippen MR) is 384 cm³/mol. The molecule has 496 valence electrons. The van der Waals surface area contributed by atoms with E-state index in [1.54, 1.807) is 0 Å². The third-order valence-corrected chi connectivity index (χ3v) is 14.3. The van der Waals surface area contributed by atoms with Crippen molar-refractivity contribution >= 4 is 19.8 Å². The van der Waals surface area contributed by atoms with Crippen molar-refractivity contribution in [3.63, 3.8) is 0 Å². The Morgan fingerprint density at radius 2 is 0.584 bits per heavy atom. The summed E-state index contributed by atoms with van der Waals surface area (Å²) in [6, 6.07) is 0. The van der Waals surface area contributed by atoms with Crippen molar-refractivity contribution in [2.75, 3.05) is 26.4 Å². The fraction of sp³-hybridized carbons (Fsp3) is 0.519. The third-order valence-electron chi connectivity index (χ3n) is 13.4. The van der Waals surface area contributed by atoms with Gasteiger partial charge < -0.3 is 20.1 Å². The highest BCUT2D eigenvalue weighted by atomic mass is 31.2. The maximum absolute atomic E-state index is 12.8. The third kappa shape index (κ3) is 71.3. The lowest BCUT2D eigenvalue weighted by Gasteiger charge is -2.19. The average molecular weight is 1240 g/mol. The number of carbonyl (C=O) groups is 2. The van der Waals surface area contributed by atoms with Crippen LogP contribution in [0, 0.1) is 0 Å². The Kier molecular flexibility index (Phi) is 66.9. The van der Waals surface area contributed by atoms with Crippen molar-refractivity contribution in [1.29, 1.82) is 0 Å². The van der Waals surface area contributed by atoms with Gasteiger partial charge in [-0.2, -0.15) is 0 Å². The summed E-state index contributed by atoms with van der Waals surface area (Å²) in [7, 11) is -4.42. The lowest BCUT2D eigenvalue weighted by Crippen LogP contribution is -2.29. The number of esters is 2. The molecule has 0 amide bonds. The molecule has 0 fully saturated rings. The van der Waals surface area contributed by atoms with Crippen LogP contribution in [0.3, 0.4) is 0 Å². The molecule has 89 heavy (non-hydrogen) atoms. The Bertz CT molecular complexity index is 2260. The van der Waals surface area contributed by atoms with Crippen LogP contribution in [-0.4, -0.2) is 49.3 Å². The average Bonchev–Trinajstić information content (AvgIpc) is 3.68. The van der Waals surface area contributed by atoms with E-state index in [-0.39, 0.29) is 32.6 Å². The molecule has 0 aliphatic heterocycles. The number of nitrogens with two attached hydrogens (primary N) is 1. The van der Waals surface area contributed by atoms with E-state index in [2.05, 4.69) is 233 Å². The van der Waals surface area contributed by atoms with Crippen LogP contribution < -0.4 is 5.73 Å². The Labute approximate surface area is 543 Å². The Morgan fingerprint density at radius 3 is 0.865 bits per heavy atom. The van der Waals surface area contributed by atoms with E-state index < -0.39 is 32.5 Å². The zero-order valence-electron chi connectivity index (χ0n) is 55.6. The largest absolute Gasteiger partial charge is 0.472 e. The monoisotopic (exact) mass is 1240 g/mol. The van der Waals surface area contributed by atoms with Crippen LogP contribution in [0.2, 0.25) is 0 Å². The van der Waals surface area contributed by atoms with Crippen LogP contribution in [0.5, 0.6) is 0 Å². The molecule has 0 aliphatic carbocycles. The van der Waals surface area contributed by atoms with Crippen molar-refractivity contribution < 1.29 is 37.6 Å². The van der Waals surface area contributed by atoms with Gasteiger partial charge in [0, 0.05) is 19.4 Å². The molecule has 0 aromatic heterocycles. The highest BCUT2D eigenvalue weighted by Gasteiger charge is 2.26. The number of carbonyl (C=O) groups excluding carboxylic acids is 2. The van der Waals surface area contributed by atoms with Gasteiger partial charge in [0.25, 0.3) is 0 Å². The van der Waals surface area contributed by atoms with E-state index in [1.807, 2.05) is 0 Å². The Hall–Kier alpha value is -5.67. The minimum atomic E-state index is -4.42. The summed E-state index contributed by atoms with van der Waals surface area (Å²) >= 11 is 0. The summed E-state index contributed by atoms with van der Waals surface area (Å²) in [4.78, 5) is 35.3. The maximum Gasteiger partial charge on any atom is 0.472 e. The topological polar surface area (TPSA) is 134 Å². The Balaban J connectivity index is 4.07. The zero-order valence-corrected chi connectivity index (χ0v) is 56.5. The van der Waals surface area contributed by atoms with Gasteiger partial charge in [-0.15, -0.1) is 0 Å². The molecule has 0 rings (SSSR count). The number of phosphoric ester groups is 1. The molecule has 0 saturated heterocycles. The molecule has 0 aromatic carbocycles. The van der Waals surface area contributed by atoms with Crippen molar-refractivity contribution in [2.45, 2.75) is 238 Å². The number of hydrogen-bond donors (Lipinski definition) is 2. The first-order chi connectivity index (χ1) is 43.8. The van der Waals surface area contributed by atoms with Crippen molar-refractivity contribution in [3.05, 3.63) is 219 Å². The van der Waals surface area contributed by atoms with E-state index in [4.69, 9.17) is 24.3 Å². The second-order valence-electron chi connectivity index (χ2n) is 21.6. The summed E-state index contributed by atoms with van der Waals surface area (Å²) in [5.74, 6) is -0.884. The van der Waals surface area contributed by atoms with E-state index >= 15 is 0 Å². The van der Waals surface area contributed by atoms with Crippen molar-refractivity contribution in [2.24, 2.45) is 5.73 Å². The van der Waals surface area contributed by atoms with Gasteiger partial charge in [-0.25, -0.2) is 4.57 Å². The number of unbranched alkanes of at least 4 members (excludes halogenated alkanes) is 12. The number of phosphoric acid groups is 1. The van der Waals surface area contributed by atoms with Crippen molar-refractivity contribution in [1.82, 2.24) is 0 Å². The first kappa shape index (κ1) is 83.3.